The first-order chi connectivity index (χ1) is 11.5. The van der Waals surface area contributed by atoms with E-state index in [9.17, 15) is 9.59 Å². The van der Waals surface area contributed by atoms with E-state index < -0.39 is 5.91 Å². The number of benzene rings is 2. The summed E-state index contributed by atoms with van der Waals surface area (Å²) in [6, 6.07) is 12.8. The number of para-hydroxylation sites is 1. The molecule has 0 unspecified atom stereocenters. The van der Waals surface area contributed by atoms with Crippen LogP contribution in [0.5, 0.6) is 5.75 Å². The third-order valence-electron chi connectivity index (χ3n) is 4.08. The molecule has 1 N–H and O–H groups in total. The number of hydrogen-bond donors (Lipinski definition) is 1. The average molecular weight is 322 g/mol. The van der Waals surface area contributed by atoms with Crippen molar-refractivity contribution in [3.05, 3.63) is 64.7 Å². The molecule has 5 nitrogen and oxygen atoms in total. The molecular weight excluding hydrogens is 304 g/mol. The van der Waals surface area contributed by atoms with Crippen molar-refractivity contribution in [1.82, 2.24) is 5.43 Å². The molecule has 122 valence electrons. The molecule has 0 spiro atoms. The summed E-state index contributed by atoms with van der Waals surface area (Å²) in [7, 11) is 1.55. The van der Waals surface area contributed by atoms with Gasteiger partial charge in [0.2, 0.25) is 0 Å². The smallest absolute Gasteiger partial charge is 0.282 e. The first-order valence-corrected chi connectivity index (χ1v) is 7.58. The molecule has 2 amide bonds. The number of aryl methyl sites for hydroxylation is 2. The number of methoxy groups -OCH3 is 1. The van der Waals surface area contributed by atoms with Gasteiger partial charge in [-0.3, -0.25) is 15.0 Å². The van der Waals surface area contributed by atoms with Crippen LogP contribution in [0.15, 0.2) is 48.0 Å². The van der Waals surface area contributed by atoms with Crippen LogP contribution < -0.4 is 15.2 Å². The second-order valence-electron chi connectivity index (χ2n) is 5.65. The third-order valence-corrected chi connectivity index (χ3v) is 4.08. The van der Waals surface area contributed by atoms with Crippen LogP contribution in [0, 0.1) is 13.8 Å². The van der Waals surface area contributed by atoms with E-state index in [1.807, 2.05) is 44.2 Å². The highest BCUT2D eigenvalue weighted by molar-refractivity contribution is 6.31. The lowest BCUT2D eigenvalue weighted by atomic mass is 10.1. The molecule has 3 rings (SSSR count). The number of hydrazine groups is 1. The Morgan fingerprint density at radius 3 is 2.50 bits per heavy atom. The Labute approximate surface area is 140 Å². The number of nitrogens with one attached hydrogen (secondary N) is 1. The summed E-state index contributed by atoms with van der Waals surface area (Å²) in [6.07, 6.45) is 1.55. The van der Waals surface area contributed by atoms with E-state index in [0.717, 1.165) is 11.1 Å². The van der Waals surface area contributed by atoms with Gasteiger partial charge in [-0.05, 0) is 49.2 Å². The van der Waals surface area contributed by atoms with Gasteiger partial charge in [0.1, 0.15) is 11.3 Å². The normalized spacial score (nSPS) is 15.8. The van der Waals surface area contributed by atoms with E-state index in [1.165, 1.54) is 5.01 Å². The van der Waals surface area contributed by atoms with Crippen LogP contribution in [0.4, 0.5) is 5.69 Å². The quantitative estimate of drug-likeness (QED) is 0.698. The predicted molar refractivity (Wildman–Crippen MR) is 92.5 cm³/mol. The fraction of sp³-hybridized carbons (Fsp3) is 0.158. The van der Waals surface area contributed by atoms with E-state index in [2.05, 4.69) is 5.43 Å². The van der Waals surface area contributed by atoms with Gasteiger partial charge in [0.25, 0.3) is 11.8 Å². The monoisotopic (exact) mass is 322 g/mol. The van der Waals surface area contributed by atoms with E-state index in [-0.39, 0.29) is 11.5 Å². The minimum absolute atomic E-state index is 0.0812. The zero-order valence-corrected chi connectivity index (χ0v) is 13.8. The van der Waals surface area contributed by atoms with Crippen LogP contribution in [0.1, 0.15) is 16.7 Å². The molecule has 2 aromatic rings. The van der Waals surface area contributed by atoms with Gasteiger partial charge >= 0.3 is 0 Å². The number of carbonyl (C=O) groups excluding carboxylic acids is 2. The van der Waals surface area contributed by atoms with Crippen molar-refractivity contribution in [2.24, 2.45) is 0 Å². The molecule has 0 radical (unpaired) electrons. The van der Waals surface area contributed by atoms with Crippen LogP contribution >= 0.6 is 0 Å². The number of amides is 2. The number of anilines is 1. The lowest BCUT2D eigenvalue weighted by Crippen LogP contribution is -2.35. The van der Waals surface area contributed by atoms with Crippen molar-refractivity contribution in [2.75, 3.05) is 12.1 Å². The summed E-state index contributed by atoms with van der Waals surface area (Å²) in [5, 5.41) is 1.27. The first-order valence-electron chi connectivity index (χ1n) is 7.58. The van der Waals surface area contributed by atoms with Crippen LogP contribution in [0.25, 0.3) is 6.08 Å². The lowest BCUT2D eigenvalue weighted by molar-refractivity contribution is -0.117. The Morgan fingerprint density at radius 1 is 1.04 bits per heavy atom. The van der Waals surface area contributed by atoms with Crippen molar-refractivity contribution in [1.29, 1.82) is 0 Å². The molecule has 1 aliphatic heterocycles. The number of nitrogens with zero attached hydrogens (tertiary/aromatic N) is 1. The number of rotatable bonds is 3. The first kappa shape index (κ1) is 15.8. The Balaban J connectivity index is 1.97. The van der Waals surface area contributed by atoms with E-state index >= 15 is 0 Å². The second-order valence-corrected chi connectivity index (χ2v) is 5.65. The molecule has 0 saturated carbocycles. The fourth-order valence-electron chi connectivity index (χ4n) is 2.55. The molecule has 2 aromatic carbocycles. The summed E-state index contributed by atoms with van der Waals surface area (Å²) in [5.41, 5.74) is 6.19. The Bertz CT molecular complexity index is 855. The third kappa shape index (κ3) is 2.76. The zero-order chi connectivity index (χ0) is 17.3. The van der Waals surface area contributed by atoms with Crippen LogP contribution in [0.2, 0.25) is 0 Å². The van der Waals surface area contributed by atoms with Gasteiger partial charge in [-0.25, -0.2) is 5.01 Å². The van der Waals surface area contributed by atoms with Gasteiger partial charge in [0.15, 0.2) is 0 Å². The van der Waals surface area contributed by atoms with Crippen molar-refractivity contribution < 1.29 is 14.3 Å². The molecule has 24 heavy (non-hydrogen) atoms. The molecule has 0 bridgehead atoms. The standard InChI is InChI=1S/C19H18N2O3/c1-12-8-9-15(10-13(12)2)21-19(23)16(18(22)20-21)11-14-6-4-5-7-17(14)24-3/h4-11H,1-3H3,(H,20,22). The maximum Gasteiger partial charge on any atom is 0.282 e. The fourth-order valence-corrected chi connectivity index (χ4v) is 2.55. The highest BCUT2D eigenvalue weighted by Crippen LogP contribution is 2.26. The number of ether oxygens (including phenoxy) is 1. The molecule has 1 fully saturated rings. The Kier molecular flexibility index (Phi) is 4.08. The summed E-state index contributed by atoms with van der Waals surface area (Å²) >= 11 is 0. The van der Waals surface area contributed by atoms with Gasteiger partial charge in [-0.2, -0.15) is 0 Å². The SMILES string of the molecule is COc1ccccc1C=C1C(=O)NN(c2ccc(C)c(C)c2)C1=O. The van der Waals surface area contributed by atoms with Gasteiger partial charge in [0.05, 0.1) is 12.8 Å². The van der Waals surface area contributed by atoms with Gasteiger partial charge in [0, 0.05) is 5.56 Å². The highest BCUT2D eigenvalue weighted by Gasteiger charge is 2.34. The average Bonchev–Trinajstić information content (AvgIpc) is 2.86. The maximum absolute atomic E-state index is 12.7. The van der Waals surface area contributed by atoms with Gasteiger partial charge in [-0.1, -0.05) is 24.3 Å². The minimum Gasteiger partial charge on any atom is -0.496 e. The van der Waals surface area contributed by atoms with Crippen molar-refractivity contribution >= 4 is 23.6 Å². The van der Waals surface area contributed by atoms with E-state index in [0.29, 0.717) is 17.0 Å². The van der Waals surface area contributed by atoms with E-state index in [4.69, 9.17) is 4.74 Å². The zero-order valence-electron chi connectivity index (χ0n) is 13.8. The Morgan fingerprint density at radius 2 is 1.79 bits per heavy atom. The largest absolute Gasteiger partial charge is 0.496 e. The lowest BCUT2D eigenvalue weighted by Gasteiger charge is -2.16. The van der Waals surface area contributed by atoms with Gasteiger partial charge < -0.3 is 4.74 Å². The van der Waals surface area contributed by atoms with Crippen molar-refractivity contribution in [2.45, 2.75) is 13.8 Å². The molecule has 1 heterocycles. The molecule has 0 aromatic heterocycles. The topological polar surface area (TPSA) is 58.6 Å². The minimum atomic E-state index is -0.427. The molecule has 0 aliphatic carbocycles. The summed E-state index contributed by atoms with van der Waals surface area (Å²) in [6.45, 7) is 3.96. The summed E-state index contributed by atoms with van der Waals surface area (Å²) < 4.78 is 5.27. The van der Waals surface area contributed by atoms with Crippen LogP contribution in [0.3, 0.4) is 0 Å². The molecule has 0 atom stereocenters. The number of hydrogen-bond acceptors (Lipinski definition) is 3. The second kappa shape index (κ2) is 6.20. The summed E-state index contributed by atoms with van der Waals surface area (Å²) in [5.74, 6) is -0.200. The Hall–Kier alpha value is -3.08. The predicted octanol–water partition coefficient (Wildman–Crippen LogP) is 2.77. The highest BCUT2D eigenvalue weighted by atomic mass is 16.5. The number of carbonyl (C=O) groups is 2. The molecule has 5 heteroatoms. The molecule has 1 saturated heterocycles. The maximum atomic E-state index is 12.7. The molecular formula is C19H18N2O3. The molecule has 1 aliphatic rings. The van der Waals surface area contributed by atoms with Crippen molar-refractivity contribution in [3.63, 3.8) is 0 Å². The van der Waals surface area contributed by atoms with Crippen LogP contribution in [-0.4, -0.2) is 18.9 Å². The van der Waals surface area contributed by atoms with E-state index in [1.54, 1.807) is 25.3 Å². The summed E-state index contributed by atoms with van der Waals surface area (Å²) in [4.78, 5) is 24.9. The van der Waals surface area contributed by atoms with Crippen molar-refractivity contribution in [3.8, 4) is 5.75 Å². The van der Waals surface area contributed by atoms with Crippen LogP contribution in [-0.2, 0) is 9.59 Å². The van der Waals surface area contributed by atoms with Gasteiger partial charge in [-0.15, -0.1) is 0 Å².